The maximum Gasteiger partial charge on any atom is 0.272 e. The van der Waals surface area contributed by atoms with Crippen LogP contribution >= 0.6 is 0 Å². The first-order valence-corrected chi connectivity index (χ1v) is 12.3. The van der Waals surface area contributed by atoms with Crippen molar-refractivity contribution in [2.75, 3.05) is 13.1 Å². The summed E-state index contributed by atoms with van der Waals surface area (Å²) in [7, 11) is 0. The van der Waals surface area contributed by atoms with Gasteiger partial charge >= 0.3 is 0 Å². The maximum atomic E-state index is 13.1. The molecule has 0 bridgehead atoms. The lowest BCUT2D eigenvalue weighted by molar-refractivity contribution is 0.0700. The number of benzene rings is 1. The number of imidazole rings is 1. The lowest BCUT2D eigenvalue weighted by Gasteiger charge is -2.32. The molecule has 36 heavy (non-hydrogen) atoms. The van der Waals surface area contributed by atoms with Crippen molar-refractivity contribution >= 4 is 17.5 Å². The van der Waals surface area contributed by atoms with Crippen LogP contribution in [0.15, 0.2) is 73.7 Å². The average molecular weight is 483 g/mol. The van der Waals surface area contributed by atoms with Gasteiger partial charge in [-0.3, -0.25) is 14.3 Å². The van der Waals surface area contributed by atoms with E-state index in [0.717, 1.165) is 29.7 Å². The average Bonchev–Trinajstić information content (AvgIpc) is 3.53. The molecule has 5 rings (SSSR count). The van der Waals surface area contributed by atoms with Crippen molar-refractivity contribution in [3.8, 4) is 0 Å². The molecule has 3 aromatic heterocycles. The summed E-state index contributed by atoms with van der Waals surface area (Å²) in [6.07, 6.45) is 9.11. The van der Waals surface area contributed by atoms with Crippen LogP contribution in [0.3, 0.4) is 0 Å². The number of hydrogen-bond donors (Lipinski definition) is 1. The summed E-state index contributed by atoms with van der Waals surface area (Å²) in [6.45, 7) is 8.02. The molecule has 4 heterocycles. The van der Waals surface area contributed by atoms with E-state index in [2.05, 4.69) is 22.0 Å². The number of pyridine rings is 1. The monoisotopic (exact) mass is 482 g/mol. The molecule has 0 aliphatic carbocycles. The Hall–Kier alpha value is -4.20. The van der Waals surface area contributed by atoms with Crippen LogP contribution < -0.4 is 5.32 Å². The quantitative estimate of drug-likeness (QED) is 0.404. The molecule has 0 spiro atoms. The molecule has 1 aliphatic heterocycles. The highest BCUT2D eigenvalue weighted by atomic mass is 16.2. The lowest BCUT2D eigenvalue weighted by atomic mass is 9.89. The lowest BCUT2D eigenvalue weighted by Crippen LogP contribution is -2.38. The second-order valence-electron chi connectivity index (χ2n) is 9.24. The smallest absolute Gasteiger partial charge is 0.272 e. The number of nitrogens with zero attached hydrogens (tertiary/aromatic N) is 5. The predicted octanol–water partition coefficient (Wildman–Crippen LogP) is 3.98. The van der Waals surface area contributed by atoms with Crippen LogP contribution in [-0.4, -0.2) is 49.0 Å². The number of carbonyl (C=O) groups is 2. The van der Waals surface area contributed by atoms with Crippen molar-refractivity contribution < 1.29 is 9.59 Å². The number of allylic oxidation sites excluding steroid dienone is 1. The molecule has 2 amide bonds. The number of aromatic nitrogens is 4. The van der Waals surface area contributed by atoms with Gasteiger partial charge in [-0.15, -0.1) is 6.58 Å². The van der Waals surface area contributed by atoms with Crippen LogP contribution in [-0.2, 0) is 13.1 Å². The molecule has 0 radical (unpaired) electrons. The fraction of sp³-hybridized carbons (Fsp3) is 0.286. The first-order chi connectivity index (χ1) is 17.5. The van der Waals surface area contributed by atoms with Crippen LogP contribution in [0.2, 0.25) is 0 Å². The minimum absolute atomic E-state index is 0.0230. The van der Waals surface area contributed by atoms with Crippen molar-refractivity contribution in [2.45, 2.75) is 38.8 Å². The summed E-state index contributed by atoms with van der Waals surface area (Å²) in [5, 5.41) is 7.39. The molecular weight excluding hydrogens is 452 g/mol. The van der Waals surface area contributed by atoms with E-state index in [4.69, 9.17) is 0 Å². The Bertz CT molecular complexity index is 1390. The molecule has 184 valence electrons. The fourth-order valence-corrected chi connectivity index (χ4v) is 4.81. The van der Waals surface area contributed by atoms with E-state index in [1.807, 2.05) is 71.1 Å². The number of hydrogen-bond acceptors (Lipinski definition) is 4. The summed E-state index contributed by atoms with van der Waals surface area (Å²) in [4.78, 5) is 31.9. The van der Waals surface area contributed by atoms with Crippen LogP contribution in [0.1, 0.15) is 56.4 Å². The second kappa shape index (κ2) is 10.2. The van der Waals surface area contributed by atoms with Crippen molar-refractivity contribution in [1.29, 1.82) is 0 Å². The Morgan fingerprint density at radius 2 is 1.89 bits per heavy atom. The van der Waals surface area contributed by atoms with Gasteiger partial charge in [0.2, 0.25) is 0 Å². The Morgan fingerprint density at radius 3 is 2.64 bits per heavy atom. The highest BCUT2D eigenvalue weighted by molar-refractivity contribution is 5.94. The van der Waals surface area contributed by atoms with Crippen molar-refractivity contribution in [3.05, 3.63) is 102 Å². The molecule has 8 nitrogen and oxygen atoms in total. The van der Waals surface area contributed by atoms with Gasteiger partial charge in [0.1, 0.15) is 11.3 Å². The van der Waals surface area contributed by atoms with Gasteiger partial charge in [-0.25, -0.2) is 4.98 Å². The molecule has 1 aliphatic rings. The molecular formula is C28H30N6O2. The normalized spacial score (nSPS) is 14.2. The molecule has 4 aromatic rings. The number of nitrogens with one attached hydrogen (secondary N) is 1. The van der Waals surface area contributed by atoms with Crippen molar-refractivity contribution in [1.82, 2.24) is 29.4 Å². The van der Waals surface area contributed by atoms with E-state index < -0.39 is 0 Å². The minimum atomic E-state index is -0.100. The zero-order valence-corrected chi connectivity index (χ0v) is 20.4. The third-order valence-corrected chi connectivity index (χ3v) is 6.77. The van der Waals surface area contributed by atoms with Crippen LogP contribution in [0, 0.1) is 6.92 Å². The van der Waals surface area contributed by atoms with Crippen molar-refractivity contribution in [2.24, 2.45) is 0 Å². The molecule has 0 saturated carbocycles. The predicted molar refractivity (Wildman–Crippen MR) is 138 cm³/mol. The number of likely N-dealkylation sites (tertiary alicyclic amines) is 1. The molecule has 8 heteroatoms. The summed E-state index contributed by atoms with van der Waals surface area (Å²) in [5.41, 5.74) is 5.15. The number of fused-ring (bicyclic) bond motifs is 1. The van der Waals surface area contributed by atoms with Crippen LogP contribution in [0.5, 0.6) is 0 Å². The van der Waals surface area contributed by atoms with E-state index in [0.29, 0.717) is 43.4 Å². The third kappa shape index (κ3) is 4.93. The zero-order chi connectivity index (χ0) is 25.1. The van der Waals surface area contributed by atoms with Gasteiger partial charge in [-0.1, -0.05) is 18.2 Å². The molecule has 1 aromatic carbocycles. The van der Waals surface area contributed by atoms with E-state index in [9.17, 15) is 9.59 Å². The SMILES string of the molecule is C=CCn1nc(C)cc1C(=O)N1CCC(c2ccc(C(=O)NCc3ccn4ccnc4c3)cc2)CC1. The van der Waals surface area contributed by atoms with E-state index in [1.165, 1.54) is 5.56 Å². The molecule has 1 fully saturated rings. The van der Waals surface area contributed by atoms with Crippen LogP contribution in [0.4, 0.5) is 0 Å². The molecule has 1 N–H and O–H groups in total. The summed E-state index contributed by atoms with van der Waals surface area (Å²) in [5.74, 6) is 0.290. The standard InChI is InChI=1S/C28H30N6O2/c1-3-12-34-25(17-20(2)31-34)28(36)33-14-9-23(10-15-33)22-4-6-24(7-5-22)27(35)30-19-21-8-13-32-16-11-29-26(32)18-21/h3-8,11,13,16-18,23H,1,9-10,12,14-15,19H2,2H3,(H,30,35). The first kappa shape index (κ1) is 23.5. The molecule has 0 unspecified atom stereocenters. The second-order valence-corrected chi connectivity index (χ2v) is 9.24. The van der Waals surface area contributed by atoms with Gasteiger partial charge in [-0.05, 0) is 67.1 Å². The number of amides is 2. The van der Waals surface area contributed by atoms with E-state index in [-0.39, 0.29) is 11.8 Å². The highest BCUT2D eigenvalue weighted by Gasteiger charge is 2.26. The summed E-state index contributed by atoms with van der Waals surface area (Å²) < 4.78 is 3.65. The summed E-state index contributed by atoms with van der Waals surface area (Å²) in [6, 6.07) is 13.6. The molecule has 1 saturated heterocycles. The van der Waals surface area contributed by atoms with Crippen molar-refractivity contribution in [3.63, 3.8) is 0 Å². The van der Waals surface area contributed by atoms with Gasteiger partial charge in [-0.2, -0.15) is 5.10 Å². The van der Waals surface area contributed by atoms with E-state index >= 15 is 0 Å². The largest absolute Gasteiger partial charge is 0.348 e. The topological polar surface area (TPSA) is 84.5 Å². The minimum Gasteiger partial charge on any atom is -0.348 e. The zero-order valence-electron chi connectivity index (χ0n) is 20.4. The summed E-state index contributed by atoms with van der Waals surface area (Å²) >= 11 is 0. The fourth-order valence-electron chi connectivity index (χ4n) is 4.81. The number of carbonyl (C=O) groups excluding carboxylic acids is 2. The van der Waals surface area contributed by atoms with Gasteiger partial charge in [0, 0.05) is 43.8 Å². The number of aryl methyl sites for hydroxylation is 1. The Kier molecular flexibility index (Phi) is 6.66. The molecule has 0 atom stereocenters. The Balaban J connectivity index is 1.15. The van der Waals surface area contributed by atoms with E-state index in [1.54, 1.807) is 17.0 Å². The number of rotatable bonds is 7. The number of piperidine rings is 1. The third-order valence-electron chi connectivity index (χ3n) is 6.77. The van der Waals surface area contributed by atoms with Crippen LogP contribution in [0.25, 0.3) is 5.65 Å². The highest BCUT2D eigenvalue weighted by Crippen LogP contribution is 2.29. The maximum absolute atomic E-state index is 13.1. The Labute approximate surface area is 210 Å². The van der Waals surface area contributed by atoms with Gasteiger partial charge < -0.3 is 14.6 Å². The van der Waals surface area contributed by atoms with Gasteiger partial charge in [0.15, 0.2) is 0 Å². The Morgan fingerprint density at radius 1 is 1.11 bits per heavy atom. The first-order valence-electron chi connectivity index (χ1n) is 12.3. The van der Waals surface area contributed by atoms with Gasteiger partial charge in [0.25, 0.3) is 11.8 Å². The van der Waals surface area contributed by atoms with Gasteiger partial charge in [0.05, 0.1) is 12.2 Å².